The fourth-order valence-corrected chi connectivity index (χ4v) is 2.33. The summed E-state index contributed by atoms with van der Waals surface area (Å²) < 4.78 is 5.74. The summed E-state index contributed by atoms with van der Waals surface area (Å²) in [5, 5.41) is 8.24. The fourth-order valence-electron chi connectivity index (χ4n) is 2.33. The van der Waals surface area contributed by atoms with Gasteiger partial charge in [0.15, 0.2) is 0 Å². The number of benzene rings is 1. The van der Waals surface area contributed by atoms with E-state index in [4.69, 9.17) is 4.74 Å². The van der Waals surface area contributed by atoms with E-state index in [0.29, 0.717) is 0 Å². The van der Waals surface area contributed by atoms with Gasteiger partial charge in [-0.15, -0.1) is 5.10 Å². The minimum absolute atomic E-state index is 0.717. The Morgan fingerprint density at radius 3 is 2.94 bits per heavy atom. The van der Waals surface area contributed by atoms with E-state index in [2.05, 4.69) is 15.1 Å². The molecule has 0 aliphatic carbocycles. The highest BCUT2D eigenvalue weighted by Crippen LogP contribution is 2.21. The number of nitrogens with zero attached hydrogens (tertiary/aromatic N) is 2. The number of aromatic nitrogens is 2. The number of ether oxygens (including phenoxy) is 1. The Kier molecular flexibility index (Phi) is 2.96. The first-order valence-electron chi connectivity index (χ1n) is 6.22. The molecule has 0 amide bonds. The molecule has 1 aromatic carbocycles. The summed E-state index contributed by atoms with van der Waals surface area (Å²) in [6.07, 6.45) is 2.65. The van der Waals surface area contributed by atoms with Crippen molar-refractivity contribution in [2.24, 2.45) is 0 Å². The maximum atomic E-state index is 5.74. The van der Waals surface area contributed by atoms with Gasteiger partial charge in [-0.3, -0.25) is 10.00 Å². The van der Waals surface area contributed by atoms with Gasteiger partial charge in [-0.25, -0.2) is 0 Å². The van der Waals surface area contributed by atoms with Crippen molar-refractivity contribution in [2.75, 3.05) is 26.2 Å². The fraction of sp³-hybridized carbons (Fsp3) is 0.462. The predicted molar refractivity (Wildman–Crippen MR) is 67.3 cm³/mol. The first-order chi connectivity index (χ1) is 8.43. The van der Waals surface area contributed by atoms with Crippen molar-refractivity contribution in [2.45, 2.75) is 12.8 Å². The molecule has 2 aromatic rings. The first kappa shape index (κ1) is 10.6. The number of para-hydroxylation sites is 1. The van der Waals surface area contributed by atoms with Crippen LogP contribution in [0.3, 0.4) is 0 Å². The predicted octanol–water partition coefficient (Wildman–Crippen LogP) is 2.04. The van der Waals surface area contributed by atoms with Crippen LogP contribution in [-0.4, -0.2) is 41.3 Å². The Labute approximate surface area is 101 Å². The SMILES string of the molecule is c1ccc2c(OCCN3CCCC3)n[nH]c2c1. The van der Waals surface area contributed by atoms with Crippen molar-refractivity contribution >= 4 is 10.9 Å². The summed E-state index contributed by atoms with van der Waals surface area (Å²) >= 11 is 0. The molecule has 1 aromatic heterocycles. The Morgan fingerprint density at radius 2 is 2.06 bits per heavy atom. The third kappa shape index (κ3) is 2.26. The molecular weight excluding hydrogens is 214 g/mol. The number of fused-ring (bicyclic) bond motifs is 1. The molecule has 1 aliphatic heterocycles. The van der Waals surface area contributed by atoms with Crippen LogP contribution in [0.25, 0.3) is 10.9 Å². The summed E-state index contributed by atoms with van der Waals surface area (Å²) in [6.45, 7) is 4.14. The minimum Gasteiger partial charge on any atom is -0.475 e. The average Bonchev–Trinajstić information content (AvgIpc) is 2.99. The molecule has 90 valence electrons. The van der Waals surface area contributed by atoms with Crippen molar-refractivity contribution in [3.8, 4) is 5.88 Å². The van der Waals surface area contributed by atoms with Crippen molar-refractivity contribution in [3.63, 3.8) is 0 Å². The van der Waals surface area contributed by atoms with E-state index in [1.54, 1.807) is 0 Å². The molecule has 0 atom stereocenters. The van der Waals surface area contributed by atoms with E-state index in [0.717, 1.165) is 29.9 Å². The van der Waals surface area contributed by atoms with Gasteiger partial charge < -0.3 is 4.74 Å². The number of likely N-dealkylation sites (tertiary alicyclic amines) is 1. The van der Waals surface area contributed by atoms with Crippen LogP contribution in [0.2, 0.25) is 0 Å². The first-order valence-corrected chi connectivity index (χ1v) is 6.22. The zero-order chi connectivity index (χ0) is 11.5. The topological polar surface area (TPSA) is 41.1 Å². The highest BCUT2D eigenvalue weighted by Gasteiger charge is 2.11. The molecule has 1 fully saturated rings. The second-order valence-electron chi connectivity index (χ2n) is 4.47. The molecule has 0 bridgehead atoms. The van der Waals surface area contributed by atoms with Gasteiger partial charge in [0, 0.05) is 6.54 Å². The molecule has 4 nitrogen and oxygen atoms in total. The van der Waals surface area contributed by atoms with Crippen LogP contribution < -0.4 is 4.74 Å². The Hall–Kier alpha value is -1.55. The highest BCUT2D eigenvalue weighted by atomic mass is 16.5. The standard InChI is InChI=1S/C13H17N3O/c1-2-6-12-11(5-1)13(15-14-12)17-10-9-16-7-3-4-8-16/h1-2,5-6H,3-4,7-10H2,(H,14,15). The Balaban J connectivity index is 1.60. The van der Waals surface area contributed by atoms with E-state index in [1.165, 1.54) is 25.9 Å². The van der Waals surface area contributed by atoms with Crippen molar-refractivity contribution in [1.82, 2.24) is 15.1 Å². The highest BCUT2D eigenvalue weighted by molar-refractivity contribution is 5.83. The number of hydrogen-bond acceptors (Lipinski definition) is 3. The molecule has 0 unspecified atom stereocenters. The van der Waals surface area contributed by atoms with Gasteiger partial charge in [-0.2, -0.15) is 0 Å². The lowest BCUT2D eigenvalue weighted by Crippen LogP contribution is -2.25. The van der Waals surface area contributed by atoms with Crippen LogP contribution in [0.15, 0.2) is 24.3 Å². The van der Waals surface area contributed by atoms with Crippen LogP contribution in [0.5, 0.6) is 5.88 Å². The maximum Gasteiger partial charge on any atom is 0.240 e. The van der Waals surface area contributed by atoms with Gasteiger partial charge in [0.25, 0.3) is 0 Å². The van der Waals surface area contributed by atoms with Gasteiger partial charge in [0.05, 0.1) is 10.9 Å². The van der Waals surface area contributed by atoms with Crippen molar-refractivity contribution < 1.29 is 4.74 Å². The monoisotopic (exact) mass is 231 g/mol. The molecular formula is C13H17N3O. The smallest absolute Gasteiger partial charge is 0.240 e. The lowest BCUT2D eigenvalue weighted by Gasteiger charge is -2.13. The zero-order valence-corrected chi connectivity index (χ0v) is 9.85. The van der Waals surface area contributed by atoms with E-state index in [1.807, 2.05) is 24.3 Å². The van der Waals surface area contributed by atoms with E-state index in [9.17, 15) is 0 Å². The van der Waals surface area contributed by atoms with Crippen LogP contribution in [-0.2, 0) is 0 Å². The zero-order valence-electron chi connectivity index (χ0n) is 9.85. The molecule has 1 saturated heterocycles. The van der Waals surface area contributed by atoms with Crippen LogP contribution >= 0.6 is 0 Å². The molecule has 1 aliphatic rings. The number of H-pyrrole nitrogens is 1. The summed E-state index contributed by atoms with van der Waals surface area (Å²) in [5.74, 6) is 0.722. The molecule has 4 heteroatoms. The summed E-state index contributed by atoms with van der Waals surface area (Å²) in [5.41, 5.74) is 1.03. The van der Waals surface area contributed by atoms with Crippen LogP contribution in [0.1, 0.15) is 12.8 Å². The van der Waals surface area contributed by atoms with Gasteiger partial charge in [-0.1, -0.05) is 12.1 Å². The van der Waals surface area contributed by atoms with Gasteiger partial charge in [0.2, 0.25) is 5.88 Å². The average molecular weight is 231 g/mol. The second kappa shape index (κ2) is 4.75. The Morgan fingerprint density at radius 1 is 1.24 bits per heavy atom. The van der Waals surface area contributed by atoms with Gasteiger partial charge in [0.1, 0.15) is 6.61 Å². The molecule has 0 radical (unpaired) electrons. The quantitative estimate of drug-likeness (QED) is 0.875. The molecule has 0 saturated carbocycles. The molecule has 1 N–H and O–H groups in total. The van der Waals surface area contributed by atoms with Crippen LogP contribution in [0, 0.1) is 0 Å². The lowest BCUT2D eigenvalue weighted by atomic mass is 10.2. The maximum absolute atomic E-state index is 5.74. The number of nitrogens with one attached hydrogen (secondary N) is 1. The molecule has 3 rings (SSSR count). The molecule has 2 heterocycles. The van der Waals surface area contributed by atoms with E-state index >= 15 is 0 Å². The lowest BCUT2D eigenvalue weighted by molar-refractivity contribution is 0.233. The summed E-state index contributed by atoms with van der Waals surface area (Å²) in [4.78, 5) is 2.44. The molecule has 17 heavy (non-hydrogen) atoms. The largest absolute Gasteiger partial charge is 0.475 e. The Bertz CT molecular complexity index is 488. The van der Waals surface area contributed by atoms with E-state index < -0.39 is 0 Å². The number of hydrogen-bond donors (Lipinski definition) is 1. The van der Waals surface area contributed by atoms with E-state index in [-0.39, 0.29) is 0 Å². The summed E-state index contributed by atoms with van der Waals surface area (Å²) in [7, 11) is 0. The van der Waals surface area contributed by atoms with Crippen LogP contribution in [0.4, 0.5) is 0 Å². The normalized spacial score (nSPS) is 16.7. The second-order valence-corrected chi connectivity index (χ2v) is 4.47. The summed E-state index contributed by atoms with van der Waals surface area (Å²) in [6, 6.07) is 8.04. The third-order valence-corrected chi connectivity index (χ3v) is 3.28. The van der Waals surface area contributed by atoms with Gasteiger partial charge in [-0.05, 0) is 38.1 Å². The minimum atomic E-state index is 0.717. The van der Waals surface area contributed by atoms with Gasteiger partial charge >= 0.3 is 0 Å². The van der Waals surface area contributed by atoms with Crippen molar-refractivity contribution in [1.29, 1.82) is 0 Å². The number of aromatic amines is 1. The van der Waals surface area contributed by atoms with Crippen molar-refractivity contribution in [3.05, 3.63) is 24.3 Å². The number of rotatable bonds is 4. The molecule has 0 spiro atoms. The third-order valence-electron chi connectivity index (χ3n) is 3.28.